The maximum Gasteiger partial charge on any atom is 0.0558 e. The average Bonchev–Trinajstić information content (AvgIpc) is 2.50. The third-order valence-electron chi connectivity index (χ3n) is 4.73. The fourth-order valence-electron chi connectivity index (χ4n) is 3.13. The van der Waals surface area contributed by atoms with Gasteiger partial charge < -0.3 is 5.32 Å². The van der Waals surface area contributed by atoms with Crippen LogP contribution in [0, 0.1) is 5.92 Å². The first kappa shape index (κ1) is 16.9. The number of benzene rings is 1. The van der Waals surface area contributed by atoms with Crippen LogP contribution in [-0.2, 0) is 5.54 Å². The van der Waals surface area contributed by atoms with Gasteiger partial charge in [-0.1, -0.05) is 51.1 Å². The van der Waals surface area contributed by atoms with E-state index < -0.39 is 0 Å². The zero-order valence-electron chi connectivity index (χ0n) is 13.9. The highest BCUT2D eigenvalue weighted by Gasteiger charge is 2.39. The minimum Gasteiger partial charge on any atom is -0.310 e. The summed E-state index contributed by atoms with van der Waals surface area (Å²) in [5.41, 5.74) is 1.54. The second kappa shape index (κ2) is 7.66. The van der Waals surface area contributed by atoms with Crippen LogP contribution in [0.4, 0.5) is 0 Å². The number of nitrogens with one attached hydrogen (secondary N) is 1. The SMILES string of the molecule is CCSCCN1CC(C(C)C)NCC1(C)c1ccccc1. The van der Waals surface area contributed by atoms with Crippen LogP contribution in [-0.4, -0.2) is 42.1 Å². The lowest BCUT2D eigenvalue weighted by Gasteiger charge is -2.49. The third-order valence-corrected chi connectivity index (χ3v) is 5.61. The molecular formula is C18H30N2S. The van der Waals surface area contributed by atoms with Crippen molar-refractivity contribution in [1.29, 1.82) is 0 Å². The summed E-state index contributed by atoms with van der Waals surface area (Å²) in [6.07, 6.45) is 0. The first-order valence-corrected chi connectivity index (χ1v) is 9.35. The molecule has 1 N–H and O–H groups in total. The molecule has 0 spiro atoms. The number of thioether (sulfide) groups is 1. The largest absolute Gasteiger partial charge is 0.310 e. The van der Waals surface area contributed by atoms with E-state index >= 15 is 0 Å². The number of piperazine rings is 1. The van der Waals surface area contributed by atoms with Crippen molar-refractivity contribution < 1.29 is 0 Å². The molecule has 0 radical (unpaired) electrons. The van der Waals surface area contributed by atoms with Crippen LogP contribution in [0.5, 0.6) is 0 Å². The first-order valence-electron chi connectivity index (χ1n) is 8.19. The summed E-state index contributed by atoms with van der Waals surface area (Å²) in [4.78, 5) is 2.70. The Hall–Kier alpha value is -0.510. The highest BCUT2D eigenvalue weighted by molar-refractivity contribution is 7.99. The van der Waals surface area contributed by atoms with Gasteiger partial charge in [-0.15, -0.1) is 0 Å². The predicted molar refractivity (Wildman–Crippen MR) is 95.0 cm³/mol. The van der Waals surface area contributed by atoms with Gasteiger partial charge >= 0.3 is 0 Å². The van der Waals surface area contributed by atoms with Gasteiger partial charge in [0, 0.05) is 31.4 Å². The molecule has 0 aliphatic carbocycles. The van der Waals surface area contributed by atoms with E-state index in [1.807, 2.05) is 11.8 Å². The molecule has 1 aromatic carbocycles. The Morgan fingerprint density at radius 3 is 2.67 bits per heavy atom. The van der Waals surface area contributed by atoms with Crippen LogP contribution >= 0.6 is 11.8 Å². The second-order valence-electron chi connectivity index (χ2n) is 6.51. The van der Waals surface area contributed by atoms with E-state index in [-0.39, 0.29) is 5.54 Å². The highest BCUT2D eigenvalue weighted by atomic mass is 32.2. The molecular weight excluding hydrogens is 276 g/mol. The van der Waals surface area contributed by atoms with Gasteiger partial charge in [0.25, 0.3) is 0 Å². The normalized spacial score (nSPS) is 27.2. The molecule has 0 bridgehead atoms. The Morgan fingerprint density at radius 1 is 1.33 bits per heavy atom. The summed E-state index contributed by atoms with van der Waals surface area (Å²) in [5.74, 6) is 3.12. The van der Waals surface area contributed by atoms with Crippen LogP contribution in [0.25, 0.3) is 0 Å². The summed E-state index contributed by atoms with van der Waals surface area (Å²) in [6.45, 7) is 12.6. The smallest absolute Gasteiger partial charge is 0.0558 e. The molecule has 0 amide bonds. The van der Waals surface area contributed by atoms with Crippen LogP contribution in [0.1, 0.15) is 33.3 Å². The van der Waals surface area contributed by atoms with Crippen molar-refractivity contribution in [3.8, 4) is 0 Å². The molecule has 0 aromatic heterocycles. The molecule has 1 heterocycles. The van der Waals surface area contributed by atoms with Gasteiger partial charge in [-0.05, 0) is 24.2 Å². The van der Waals surface area contributed by atoms with Crippen molar-refractivity contribution in [1.82, 2.24) is 10.2 Å². The Kier molecular flexibility index (Phi) is 6.15. The molecule has 1 fully saturated rings. The van der Waals surface area contributed by atoms with E-state index in [0.29, 0.717) is 12.0 Å². The van der Waals surface area contributed by atoms with Crippen molar-refractivity contribution in [2.75, 3.05) is 31.1 Å². The Balaban J connectivity index is 2.17. The summed E-state index contributed by atoms with van der Waals surface area (Å²) >= 11 is 2.05. The van der Waals surface area contributed by atoms with E-state index in [9.17, 15) is 0 Å². The summed E-state index contributed by atoms with van der Waals surface area (Å²) in [7, 11) is 0. The third kappa shape index (κ3) is 4.02. The molecule has 2 rings (SSSR count). The summed E-state index contributed by atoms with van der Waals surface area (Å²) in [5, 5.41) is 3.78. The molecule has 2 nitrogen and oxygen atoms in total. The van der Waals surface area contributed by atoms with E-state index in [1.54, 1.807) is 0 Å². The topological polar surface area (TPSA) is 15.3 Å². The molecule has 1 saturated heterocycles. The fourth-order valence-corrected chi connectivity index (χ4v) is 3.77. The lowest BCUT2D eigenvalue weighted by atomic mass is 9.85. The predicted octanol–water partition coefficient (Wildman–Crippen LogP) is 3.58. The lowest BCUT2D eigenvalue weighted by molar-refractivity contribution is 0.0451. The summed E-state index contributed by atoms with van der Waals surface area (Å²) < 4.78 is 0. The van der Waals surface area contributed by atoms with Crippen LogP contribution in [0.15, 0.2) is 30.3 Å². The van der Waals surface area contributed by atoms with E-state index in [2.05, 4.69) is 68.2 Å². The monoisotopic (exact) mass is 306 g/mol. The molecule has 0 saturated carbocycles. The minimum atomic E-state index is 0.112. The molecule has 1 aromatic rings. The van der Waals surface area contributed by atoms with Gasteiger partial charge in [0.1, 0.15) is 0 Å². The van der Waals surface area contributed by atoms with Crippen molar-refractivity contribution >= 4 is 11.8 Å². The molecule has 3 heteroatoms. The van der Waals surface area contributed by atoms with Crippen LogP contribution in [0.3, 0.4) is 0 Å². The van der Waals surface area contributed by atoms with Gasteiger partial charge in [0.2, 0.25) is 0 Å². The van der Waals surface area contributed by atoms with Crippen molar-refractivity contribution in [3.05, 3.63) is 35.9 Å². The van der Waals surface area contributed by atoms with Gasteiger partial charge in [0.15, 0.2) is 0 Å². The number of hydrogen-bond donors (Lipinski definition) is 1. The van der Waals surface area contributed by atoms with E-state index in [0.717, 1.165) is 13.1 Å². The molecule has 2 atom stereocenters. The van der Waals surface area contributed by atoms with Gasteiger partial charge in [-0.3, -0.25) is 4.90 Å². The lowest BCUT2D eigenvalue weighted by Crippen LogP contribution is -2.63. The van der Waals surface area contributed by atoms with Gasteiger partial charge in [0.05, 0.1) is 5.54 Å². The van der Waals surface area contributed by atoms with Crippen LogP contribution in [0.2, 0.25) is 0 Å². The van der Waals surface area contributed by atoms with Crippen molar-refractivity contribution in [2.45, 2.75) is 39.3 Å². The Bertz CT molecular complexity index is 420. The summed E-state index contributed by atoms with van der Waals surface area (Å²) in [6, 6.07) is 11.6. The Labute approximate surface area is 134 Å². The average molecular weight is 307 g/mol. The molecule has 2 unspecified atom stereocenters. The van der Waals surface area contributed by atoms with Crippen molar-refractivity contribution in [3.63, 3.8) is 0 Å². The maximum atomic E-state index is 3.78. The number of hydrogen-bond acceptors (Lipinski definition) is 3. The van der Waals surface area contributed by atoms with Gasteiger partial charge in [-0.25, -0.2) is 0 Å². The minimum absolute atomic E-state index is 0.112. The zero-order valence-corrected chi connectivity index (χ0v) is 14.7. The number of rotatable bonds is 6. The van der Waals surface area contributed by atoms with Gasteiger partial charge in [-0.2, -0.15) is 11.8 Å². The molecule has 21 heavy (non-hydrogen) atoms. The van der Waals surface area contributed by atoms with Crippen molar-refractivity contribution in [2.24, 2.45) is 5.92 Å². The number of nitrogens with zero attached hydrogens (tertiary/aromatic N) is 1. The maximum absolute atomic E-state index is 3.78. The zero-order chi connectivity index (χ0) is 15.3. The molecule has 1 aliphatic heterocycles. The molecule has 118 valence electrons. The van der Waals surface area contributed by atoms with E-state index in [1.165, 1.54) is 23.6 Å². The van der Waals surface area contributed by atoms with Crippen LogP contribution < -0.4 is 5.32 Å². The van der Waals surface area contributed by atoms with E-state index in [4.69, 9.17) is 0 Å². The second-order valence-corrected chi connectivity index (χ2v) is 7.91. The highest BCUT2D eigenvalue weighted by Crippen LogP contribution is 2.31. The Morgan fingerprint density at radius 2 is 2.05 bits per heavy atom. The molecule has 1 aliphatic rings. The standard InChI is InChI=1S/C18H30N2S/c1-5-21-12-11-20-13-17(15(2)3)19-14-18(20,4)16-9-7-6-8-10-16/h6-10,15,17,19H,5,11-14H2,1-4H3. The quantitative estimate of drug-likeness (QED) is 0.809. The first-order chi connectivity index (χ1) is 10.1. The fraction of sp³-hybridized carbons (Fsp3) is 0.667.